The molecule has 2 aromatic rings. The molecule has 1 aliphatic rings. The van der Waals surface area contributed by atoms with Gasteiger partial charge in [0.2, 0.25) is 0 Å². The summed E-state index contributed by atoms with van der Waals surface area (Å²) in [4.78, 5) is 14.1. The summed E-state index contributed by atoms with van der Waals surface area (Å²) in [5.41, 5.74) is 6.95. The molecule has 1 nitrogen and oxygen atoms in total. The molecule has 0 aromatic heterocycles. The van der Waals surface area contributed by atoms with E-state index in [9.17, 15) is 4.79 Å². The summed E-state index contributed by atoms with van der Waals surface area (Å²) in [5, 5.41) is 0. The number of benzene rings is 2. The molecule has 0 amide bonds. The van der Waals surface area contributed by atoms with Crippen molar-refractivity contribution < 1.29 is 4.79 Å². The zero-order valence-corrected chi connectivity index (χ0v) is 14.9. The fraction of sp³-hybridized carbons (Fsp3) is 0.211. The standard InChI is InChI=1S/C19H18OSSi/c1-22(2,3)12-11-14-7-6-8-15-13-21-17-10-5-4-9-16(17)19(20)18(14)15/h4-10H,13H2,1-3H3. The molecule has 0 saturated carbocycles. The van der Waals surface area contributed by atoms with E-state index in [0.717, 1.165) is 32.9 Å². The number of fused-ring (bicyclic) bond motifs is 2. The first kappa shape index (κ1) is 15.1. The van der Waals surface area contributed by atoms with Gasteiger partial charge in [-0.3, -0.25) is 4.79 Å². The molecular weight excluding hydrogens is 304 g/mol. The van der Waals surface area contributed by atoms with Crippen LogP contribution in [0.2, 0.25) is 19.6 Å². The van der Waals surface area contributed by atoms with Gasteiger partial charge in [0.25, 0.3) is 0 Å². The van der Waals surface area contributed by atoms with Gasteiger partial charge in [0.1, 0.15) is 8.07 Å². The van der Waals surface area contributed by atoms with Crippen LogP contribution in [0.1, 0.15) is 27.0 Å². The molecule has 0 saturated heterocycles. The third kappa shape index (κ3) is 3.04. The Kier molecular flexibility index (Phi) is 3.99. The van der Waals surface area contributed by atoms with Crippen LogP contribution in [-0.4, -0.2) is 13.9 Å². The number of hydrogen-bond donors (Lipinski definition) is 0. The maximum absolute atomic E-state index is 13.0. The average Bonchev–Trinajstić information content (AvgIpc) is 2.63. The van der Waals surface area contributed by atoms with E-state index < -0.39 is 8.07 Å². The van der Waals surface area contributed by atoms with Crippen LogP contribution in [0.3, 0.4) is 0 Å². The molecular formula is C19H18OSSi. The number of carbonyl (C=O) groups is 1. The molecule has 0 radical (unpaired) electrons. The molecule has 0 bridgehead atoms. The summed E-state index contributed by atoms with van der Waals surface area (Å²) in [6, 6.07) is 13.9. The van der Waals surface area contributed by atoms with E-state index in [-0.39, 0.29) is 5.78 Å². The van der Waals surface area contributed by atoms with Crippen molar-refractivity contribution in [3.63, 3.8) is 0 Å². The maximum atomic E-state index is 13.0. The lowest BCUT2D eigenvalue weighted by Gasteiger charge is -2.08. The zero-order chi connectivity index (χ0) is 15.7. The van der Waals surface area contributed by atoms with E-state index in [1.165, 1.54) is 0 Å². The molecule has 22 heavy (non-hydrogen) atoms. The van der Waals surface area contributed by atoms with Crippen LogP contribution in [0, 0.1) is 11.5 Å². The summed E-state index contributed by atoms with van der Waals surface area (Å²) in [5.74, 6) is 4.21. The van der Waals surface area contributed by atoms with Crippen molar-refractivity contribution in [3.8, 4) is 11.5 Å². The summed E-state index contributed by atoms with van der Waals surface area (Å²) >= 11 is 1.73. The van der Waals surface area contributed by atoms with Crippen molar-refractivity contribution in [2.45, 2.75) is 30.3 Å². The molecule has 0 atom stereocenters. The highest BCUT2D eigenvalue weighted by Crippen LogP contribution is 2.34. The minimum atomic E-state index is -1.47. The van der Waals surface area contributed by atoms with Gasteiger partial charge in [-0.15, -0.1) is 17.3 Å². The molecule has 110 valence electrons. The Morgan fingerprint density at radius 1 is 1.05 bits per heavy atom. The molecule has 1 heterocycles. The number of carbonyl (C=O) groups excluding carboxylic acids is 1. The van der Waals surface area contributed by atoms with Gasteiger partial charge in [-0.25, -0.2) is 0 Å². The molecule has 0 fully saturated rings. The highest BCUT2D eigenvalue weighted by atomic mass is 32.2. The Morgan fingerprint density at radius 3 is 2.59 bits per heavy atom. The Balaban J connectivity index is 2.17. The third-order valence-electron chi connectivity index (χ3n) is 3.46. The van der Waals surface area contributed by atoms with E-state index in [2.05, 4.69) is 31.1 Å². The Bertz CT molecular complexity index is 806. The molecule has 2 aromatic carbocycles. The van der Waals surface area contributed by atoms with Crippen LogP contribution in [0.15, 0.2) is 47.4 Å². The van der Waals surface area contributed by atoms with Crippen LogP contribution < -0.4 is 0 Å². The fourth-order valence-electron chi connectivity index (χ4n) is 2.42. The summed E-state index contributed by atoms with van der Waals surface area (Å²) in [7, 11) is -1.47. The van der Waals surface area contributed by atoms with Crippen LogP contribution in [0.5, 0.6) is 0 Å². The van der Waals surface area contributed by atoms with Crippen molar-refractivity contribution in [3.05, 3.63) is 64.7 Å². The minimum absolute atomic E-state index is 0.107. The number of rotatable bonds is 0. The van der Waals surface area contributed by atoms with Crippen LogP contribution in [-0.2, 0) is 5.75 Å². The van der Waals surface area contributed by atoms with E-state index in [0.29, 0.717) is 0 Å². The van der Waals surface area contributed by atoms with Gasteiger partial charge in [-0.05, 0) is 23.8 Å². The smallest absolute Gasteiger partial charge is 0.195 e. The van der Waals surface area contributed by atoms with E-state index in [1.807, 2.05) is 42.5 Å². The average molecular weight is 323 g/mol. The second-order valence-electron chi connectivity index (χ2n) is 6.45. The first-order valence-electron chi connectivity index (χ1n) is 7.37. The SMILES string of the molecule is C[Si](C)(C)C#Cc1cccc2c1C(=O)c1ccccc1SC2. The number of ketones is 1. The quantitative estimate of drug-likeness (QED) is 0.514. The lowest BCUT2D eigenvalue weighted by Crippen LogP contribution is -2.16. The first-order chi connectivity index (χ1) is 10.5. The van der Waals surface area contributed by atoms with Gasteiger partial charge in [0, 0.05) is 27.3 Å². The molecule has 0 aliphatic carbocycles. The molecule has 0 N–H and O–H groups in total. The zero-order valence-electron chi connectivity index (χ0n) is 13.1. The first-order valence-corrected chi connectivity index (χ1v) is 11.9. The second kappa shape index (κ2) is 5.79. The molecule has 3 rings (SSSR count). The summed E-state index contributed by atoms with van der Waals surface area (Å²) in [6.45, 7) is 6.65. The summed E-state index contributed by atoms with van der Waals surface area (Å²) in [6.07, 6.45) is 0. The third-order valence-corrected chi connectivity index (χ3v) is 5.46. The minimum Gasteiger partial charge on any atom is -0.289 e. The van der Waals surface area contributed by atoms with Crippen molar-refractivity contribution in [2.24, 2.45) is 0 Å². The highest BCUT2D eigenvalue weighted by Gasteiger charge is 2.23. The Labute approximate surface area is 137 Å². The van der Waals surface area contributed by atoms with Gasteiger partial charge in [-0.2, -0.15) is 0 Å². The van der Waals surface area contributed by atoms with Crippen LogP contribution >= 0.6 is 11.8 Å². The predicted octanol–water partition coefficient (Wildman–Crippen LogP) is 4.75. The van der Waals surface area contributed by atoms with Gasteiger partial charge in [0.05, 0.1) is 0 Å². The van der Waals surface area contributed by atoms with Gasteiger partial charge in [0.15, 0.2) is 5.78 Å². The van der Waals surface area contributed by atoms with Crippen molar-refractivity contribution in [1.82, 2.24) is 0 Å². The van der Waals surface area contributed by atoms with Crippen molar-refractivity contribution in [1.29, 1.82) is 0 Å². The molecule has 1 aliphatic heterocycles. The van der Waals surface area contributed by atoms with Crippen molar-refractivity contribution in [2.75, 3.05) is 0 Å². The molecule has 3 heteroatoms. The van der Waals surface area contributed by atoms with E-state index in [4.69, 9.17) is 0 Å². The molecule has 0 unspecified atom stereocenters. The van der Waals surface area contributed by atoms with Crippen LogP contribution in [0.4, 0.5) is 0 Å². The summed E-state index contributed by atoms with van der Waals surface area (Å²) < 4.78 is 0. The lowest BCUT2D eigenvalue weighted by atomic mass is 9.94. The largest absolute Gasteiger partial charge is 0.289 e. The number of hydrogen-bond acceptors (Lipinski definition) is 2. The fourth-order valence-corrected chi connectivity index (χ4v) is 3.97. The Morgan fingerprint density at radius 2 is 1.82 bits per heavy atom. The van der Waals surface area contributed by atoms with Gasteiger partial charge < -0.3 is 0 Å². The predicted molar refractivity (Wildman–Crippen MR) is 96.1 cm³/mol. The second-order valence-corrected chi connectivity index (χ2v) is 12.2. The Hall–Kier alpha value is -1.76. The van der Waals surface area contributed by atoms with Crippen molar-refractivity contribution >= 4 is 25.6 Å². The van der Waals surface area contributed by atoms with Gasteiger partial charge in [-0.1, -0.05) is 49.8 Å². The molecule has 0 spiro atoms. The van der Waals surface area contributed by atoms with Gasteiger partial charge >= 0.3 is 0 Å². The normalized spacial score (nSPS) is 13.5. The van der Waals surface area contributed by atoms with E-state index in [1.54, 1.807) is 11.8 Å². The van der Waals surface area contributed by atoms with E-state index >= 15 is 0 Å². The maximum Gasteiger partial charge on any atom is 0.195 e. The lowest BCUT2D eigenvalue weighted by molar-refractivity contribution is 0.103. The monoisotopic (exact) mass is 322 g/mol. The number of thioether (sulfide) groups is 1. The highest BCUT2D eigenvalue weighted by molar-refractivity contribution is 7.98. The van der Waals surface area contributed by atoms with Crippen LogP contribution in [0.25, 0.3) is 0 Å². The topological polar surface area (TPSA) is 17.1 Å².